The fourth-order valence-electron chi connectivity index (χ4n) is 2.03. The highest BCUT2D eigenvalue weighted by molar-refractivity contribution is 6.04. The van der Waals surface area contributed by atoms with E-state index in [1.165, 1.54) is 12.1 Å². The lowest BCUT2D eigenvalue weighted by molar-refractivity contribution is 0.0952. The quantitative estimate of drug-likeness (QED) is 0.768. The molecule has 1 heterocycles. The number of H-pyrrole nitrogens is 1. The Bertz CT molecular complexity index is 749. The Labute approximate surface area is 114 Å². The topological polar surface area (TPSA) is 57.8 Å². The number of amides is 1. The Morgan fingerprint density at radius 2 is 2.00 bits per heavy atom. The first kappa shape index (κ1) is 12.3. The monoisotopic (exact) mass is 269 g/mol. The van der Waals surface area contributed by atoms with Crippen LogP contribution in [0.3, 0.4) is 0 Å². The number of aromatic nitrogens is 2. The molecule has 0 radical (unpaired) electrons. The van der Waals surface area contributed by atoms with E-state index in [0.29, 0.717) is 17.6 Å². The predicted octanol–water partition coefficient (Wildman–Crippen LogP) is 2.63. The number of imidazole rings is 1. The van der Waals surface area contributed by atoms with Crippen LogP contribution in [0.4, 0.5) is 4.39 Å². The molecule has 0 spiro atoms. The van der Waals surface area contributed by atoms with E-state index in [4.69, 9.17) is 0 Å². The molecule has 0 saturated heterocycles. The summed E-state index contributed by atoms with van der Waals surface area (Å²) in [7, 11) is 0. The number of nitrogens with zero attached hydrogens (tertiary/aromatic N) is 1. The number of rotatable bonds is 3. The first-order valence-corrected chi connectivity index (χ1v) is 6.19. The highest BCUT2D eigenvalue weighted by Gasteiger charge is 2.11. The zero-order valence-corrected chi connectivity index (χ0v) is 10.6. The molecule has 1 amide bonds. The van der Waals surface area contributed by atoms with E-state index in [1.54, 1.807) is 30.6 Å². The van der Waals surface area contributed by atoms with Gasteiger partial charge in [-0.3, -0.25) is 4.79 Å². The Balaban J connectivity index is 1.76. The van der Waals surface area contributed by atoms with Gasteiger partial charge in [-0.2, -0.15) is 0 Å². The minimum absolute atomic E-state index is 0.202. The third-order valence-electron chi connectivity index (χ3n) is 3.06. The maximum absolute atomic E-state index is 12.8. The number of aromatic amines is 1. The summed E-state index contributed by atoms with van der Waals surface area (Å²) in [5.74, 6) is -0.492. The standard InChI is InChI=1S/C15H12FN3O/c16-11-6-4-10(5-7-11)8-17-15(20)12-2-1-3-13-14(12)19-9-18-13/h1-7,9H,8H2,(H,17,20)(H,18,19). The average molecular weight is 269 g/mol. The molecule has 0 atom stereocenters. The minimum atomic E-state index is -0.290. The maximum atomic E-state index is 12.8. The van der Waals surface area contributed by atoms with Crippen LogP contribution in [0, 0.1) is 5.82 Å². The van der Waals surface area contributed by atoms with E-state index < -0.39 is 0 Å². The molecule has 0 saturated carbocycles. The number of hydrogen-bond donors (Lipinski definition) is 2. The molecule has 1 aromatic heterocycles. The molecule has 4 nitrogen and oxygen atoms in total. The molecule has 0 aliphatic heterocycles. The van der Waals surface area contributed by atoms with Crippen molar-refractivity contribution < 1.29 is 9.18 Å². The van der Waals surface area contributed by atoms with Crippen LogP contribution < -0.4 is 5.32 Å². The van der Waals surface area contributed by atoms with Crippen molar-refractivity contribution in [3.63, 3.8) is 0 Å². The van der Waals surface area contributed by atoms with E-state index in [-0.39, 0.29) is 11.7 Å². The SMILES string of the molecule is O=C(NCc1ccc(F)cc1)c1cccc2[nH]cnc12. The number of carbonyl (C=O) groups excluding carboxylic acids is 1. The van der Waals surface area contributed by atoms with Crippen LogP contribution in [0.2, 0.25) is 0 Å². The summed E-state index contributed by atoms with van der Waals surface area (Å²) in [4.78, 5) is 19.3. The predicted molar refractivity (Wildman–Crippen MR) is 73.7 cm³/mol. The number of hydrogen-bond acceptors (Lipinski definition) is 2. The minimum Gasteiger partial charge on any atom is -0.348 e. The summed E-state index contributed by atoms with van der Waals surface area (Å²) >= 11 is 0. The third kappa shape index (κ3) is 2.38. The van der Waals surface area contributed by atoms with E-state index in [2.05, 4.69) is 15.3 Å². The molecule has 2 aromatic carbocycles. The van der Waals surface area contributed by atoms with Crippen molar-refractivity contribution in [2.75, 3.05) is 0 Å². The summed E-state index contributed by atoms with van der Waals surface area (Å²) in [6, 6.07) is 11.4. The fourth-order valence-corrected chi connectivity index (χ4v) is 2.03. The second kappa shape index (κ2) is 5.13. The summed E-state index contributed by atoms with van der Waals surface area (Å²) in [6.45, 7) is 0.347. The van der Waals surface area contributed by atoms with Gasteiger partial charge in [-0.25, -0.2) is 9.37 Å². The van der Waals surface area contributed by atoms with Crippen LogP contribution in [-0.2, 0) is 6.54 Å². The number of halogens is 1. The number of fused-ring (bicyclic) bond motifs is 1. The van der Waals surface area contributed by atoms with Crippen LogP contribution in [0.1, 0.15) is 15.9 Å². The molecule has 5 heteroatoms. The van der Waals surface area contributed by atoms with Gasteiger partial charge in [0.25, 0.3) is 5.91 Å². The molecular formula is C15H12FN3O. The molecule has 0 bridgehead atoms. The molecule has 0 unspecified atom stereocenters. The van der Waals surface area contributed by atoms with Gasteiger partial charge in [-0.05, 0) is 29.8 Å². The Kier molecular flexibility index (Phi) is 3.16. The van der Waals surface area contributed by atoms with E-state index in [1.807, 2.05) is 6.07 Å². The van der Waals surface area contributed by atoms with Gasteiger partial charge in [0.05, 0.1) is 17.4 Å². The van der Waals surface area contributed by atoms with Crippen molar-refractivity contribution in [2.24, 2.45) is 0 Å². The molecule has 2 N–H and O–H groups in total. The Morgan fingerprint density at radius 1 is 1.20 bits per heavy atom. The zero-order chi connectivity index (χ0) is 13.9. The van der Waals surface area contributed by atoms with Crippen molar-refractivity contribution in [3.8, 4) is 0 Å². The average Bonchev–Trinajstić information content (AvgIpc) is 2.94. The van der Waals surface area contributed by atoms with Crippen molar-refractivity contribution in [1.82, 2.24) is 15.3 Å². The summed E-state index contributed by atoms with van der Waals surface area (Å²) < 4.78 is 12.8. The maximum Gasteiger partial charge on any atom is 0.253 e. The second-order valence-corrected chi connectivity index (χ2v) is 4.41. The second-order valence-electron chi connectivity index (χ2n) is 4.41. The lowest BCUT2D eigenvalue weighted by Gasteiger charge is -2.06. The van der Waals surface area contributed by atoms with Crippen LogP contribution in [-0.4, -0.2) is 15.9 Å². The summed E-state index contributed by atoms with van der Waals surface area (Å²) in [5.41, 5.74) is 2.82. The summed E-state index contributed by atoms with van der Waals surface area (Å²) in [5, 5.41) is 2.80. The van der Waals surface area contributed by atoms with E-state index >= 15 is 0 Å². The number of para-hydroxylation sites is 1. The normalized spacial score (nSPS) is 10.7. The Hall–Kier alpha value is -2.69. The smallest absolute Gasteiger partial charge is 0.253 e. The van der Waals surface area contributed by atoms with Crippen molar-refractivity contribution in [1.29, 1.82) is 0 Å². The van der Waals surface area contributed by atoms with Gasteiger partial charge < -0.3 is 10.3 Å². The number of carbonyl (C=O) groups is 1. The van der Waals surface area contributed by atoms with Crippen LogP contribution in [0.15, 0.2) is 48.8 Å². The van der Waals surface area contributed by atoms with Crippen LogP contribution >= 0.6 is 0 Å². The molecule has 100 valence electrons. The van der Waals surface area contributed by atoms with Crippen molar-refractivity contribution in [3.05, 3.63) is 65.7 Å². The highest BCUT2D eigenvalue weighted by atomic mass is 19.1. The lowest BCUT2D eigenvalue weighted by atomic mass is 10.1. The molecule has 3 rings (SSSR count). The molecule has 0 aliphatic rings. The van der Waals surface area contributed by atoms with E-state index in [0.717, 1.165) is 11.1 Å². The van der Waals surface area contributed by atoms with Gasteiger partial charge in [0.15, 0.2) is 0 Å². The molecule has 0 aliphatic carbocycles. The zero-order valence-electron chi connectivity index (χ0n) is 10.6. The molecule has 20 heavy (non-hydrogen) atoms. The van der Waals surface area contributed by atoms with Crippen molar-refractivity contribution >= 4 is 16.9 Å². The largest absolute Gasteiger partial charge is 0.348 e. The van der Waals surface area contributed by atoms with Gasteiger partial charge in [-0.15, -0.1) is 0 Å². The summed E-state index contributed by atoms with van der Waals surface area (Å²) in [6.07, 6.45) is 1.56. The van der Waals surface area contributed by atoms with Gasteiger partial charge in [-0.1, -0.05) is 18.2 Å². The fraction of sp³-hybridized carbons (Fsp3) is 0.0667. The van der Waals surface area contributed by atoms with E-state index in [9.17, 15) is 9.18 Å². The third-order valence-corrected chi connectivity index (χ3v) is 3.06. The lowest BCUT2D eigenvalue weighted by Crippen LogP contribution is -2.23. The van der Waals surface area contributed by atoms with Crippen molar-refractivity contribution in [2.45, 2.75) is 6.54 Å². The van der Waals surface area contributed by atoms with Gasteiger partial charge in [0.2, 0.25) is 0 Å². The van der Waals surface area contributed by atoms with Gasteiger partial charge >= 0.3 is 0 Å². The van der Waals surface area contributed by atoms with Gasteiger partial charge in [0.1, 0.15) is 11.3 Å². The van der Waals surface area contributed by atoms with Crippen LogP contribution in [0.25, 0.3) is 11.0 Å². The highest BCUT2D eigenvalue weighted by Crippen LogP contribution is 2.14. The molecule has 0 fully saturated rings. The number of benzene rings is 2. The van der Waals surface area contributed by atoms with Crippen LogP contribution in [0.5, 0.6) is 0 Å². The molecule has 3 aromatic rings. The number of nitrogens with one attached hydrogen (secondary N) is 2. The van der Waals surface area contributed by atoms with Gasteiger partial charge in [0, 0.05) is 6.54 Å². The molecular weight excluding hydrogens is 257 g/mol. The first-order valence-electron chi connectivity index (χ1n) is 6.19. The Morgan fingerprint density at radius 3 is 2.80 bits per heavy atom. The first-order chi connectivity index (χ1) is 9.74.